The van der Waals surface area contributed by atoms with Gasteiger partial charge in [-0.2, -0.15) is 0 Å². The molecule has 106 valence electrons. The summed E-state index contributed by atoms with van der Waals surface area (Å²) in [5.41, 5.74) is 0.516. The van der Waals surface area contributed by atoms with Gasteiger partial charge in [0.1, 0.15) is 0 Å². The van der Waals surface area contributed by atoms with Crippen molar-refractivity contribution in [3.05, 3.63) is 36.9 Å². The van der Waals surface area contributed by atoms with Crippen LogP contribution in [0.1, 0.15) is 27.7 Å². The van der Waals surface area contributed by atoms with E-state index >= 15 is 0 Å². The van der Waals surface area contributed by atoms with Crippen LogP contribution >= 0.6 is 0 Å². The summed E-state index contributed by atoms with van der Waals surface area (Å²) in [5, 5.41) is 10.0. The first kappa shape index (κ1) is 14.8. The fraction of sp³-hybridized carbons (Fsp3) is 0.400. The van der Waals surface area contributed by atoms with E-state index in [1.807, 2.05) is 38.1 Å². The highest BCUT2D eigenvalue weighted by Gasteiger charge is 2.35. The number of hydrogen-bond donors (Lipinski definition) is 1. The van der Waals surface area contributed by atoms with Crippen LogP contribution < -0.4 is 5.46 Å². The molecular formula is C15H20BNO3. The zero-order chi connectivity index (χ0) is 14.8. The second-order valence-electron chi connectivity index (χ2n) is 5.92. The number of oxazole rings is 1. The van der Waals surface area contributed by atoms with Crippen molar-refractivity contribution < 1.29 is 14.2 Å². The molecule has 1 aromatic carbocycles. The van der Waals surface area contributed by atoms with E-state index in [9.17, 15) is 5.11 Å². The maximum Gasteiger partial charge on any atom is 0.309 e. The summed E-state index contributed by atoms with van der Waals surface area (Å²) < 4.78 is 11.1. The fourth-order valence-corrected chi connectivity index (χ4v) is 1.56. The molecule has 1 heterocycles. The molecule has 0 aliphatic rings. The Morgan fingerprint density at radius 2 is 1.80 bits per heavy atom. The molecule has 0 fully saturated rings. The Bertz CT molecular complexity index is 541. The number of aromatic nitrogens is 1. The van der Waals surface area contributed by atoms with Crippen molar-refractivity contribution >= 4 is 12.9 Å². The van der Waals surface area contributed by atoms with Gasteiger partial charge >= 0.3 is 7.48 Å². The van der Waals surface area contributed by atoms with E-state index in [2.05, 4.69) is 4.98 Å². The molecular weight excluding hydrogens is 253 g/mol. The minimum atomic E-state index is -0.896. The van der Waals surface area contributed by atoms with Gasteiger partial charge in [-0.15, -0.1) is 0 Å². The first-order valence-corrected chi connectivity index (χ1v) is 6.64. The van der Waals surface area contributed by atoms with E-state index in [-0.39, 0.29) is 0 Å². The molecule has 0 radical (unpaired) electrons. The Labute approximate surface area is 120 Å². The van der Waals surface area contributed by atoms with Gasteiger partial charge in [0, 0.05) is 5.56 Å². The summed E-state index contributed by atoms with van der Waals surface area (Å²) in [7, 11) is 0.452. The average molecular weight is 273 g/mol. The third-order valence-electron chi connectivity index (χ3n) is 3.74. The van der Waals surface area contributed by atoms with Crippen LogP contribution in [-0.2, 0) is 4.65 Å². The second kappa shape index (κ2) is 5.42. The van der Waals surface area contributed by atoms with E-state index < -0.39 is 11.2 Å². The molecule has 2 rings (SSSR count). The van der Waals surface area contributed by atoms with Crippen molar-refractivity contribution in [1.29, 1.82) is 0 Å². The average Bonchev–Trinajstić information content (AvgIpc) is 2.89. The third-order valence-corrected chi connectivity index (χ3v) is 3.74. The van der Waals surface area contributed by atoms with Crippen molar-refractivity contribution in [3.63, 3.8) is 0 Å². The van der Waals surface area contributed by atoms with Crippen LogP contribution in [-0.4, -0.2) is 28.8 Å². The van der Waals surface area contributed by atoms with Crippen LogP contribution in [0.2, 0.25) is 0 Å². The van der Waals surface area contributed by atoms with Crippen LogP contribution in [0.25, 0.3) is 11.3 Å². The number of rotatable bonds is 5. The van der Waals surface area contributed by atoms with Crippen LogP contribution in [0.5, 0.6) is 0 Å². The van der Waals surface area contributed by atoms with Crippen LogP contribution in [0.3, 0.4) is 0 Å². The largest absolute Gasteiger partial charge is 0.444 e. The Morgan fingerprint density at radius 1 is 1.15 bits per heavy atom. The van der Waals surface area contributed by atoms with Crippen LogP contribution in [0.15, 0.2) is 41.3 Å². The highest BCUT2D eigenvalue weighted by Crippen LogP contribution is 2.24. The predicted octanol–water partition coefficient (Wildman–Crippen LogP) is 1.88. The Kier molecular flexibility index (Phi) is 4.02. The third kappa shape index (κ3) is 3.29. The molecule has 0 atom stereocenters. The monoisotopic (exact) mass is 273 g/mol. The zero-order valence-corrected chi connectivity index (χ0v) is 12.4. The van der Waals surface area contributed by atoms with Gasteiger partial charge in [0.05, 0.1) is 17.4 Å². The highest BCUT2D eigenvalue weighted by molar-refractivity contribution is 6.47. The number of benzene rings is 1. The molecule has 0 unspecified atom stereocenters. The maximum atomic E-state index is 10.0. The predicted molar refractivity (Wildman–Crippen MR) is 80.2 cm³/mol. The summed E-state index contributed by atoms with van der Waals surface area (Å²) in [5.74, 6) is 0.745. The summed E-state index contributed by atoms with van der Waals surface area (Å²) in [6.07, 6.45) is 3.10. The first-order valence-electron chi connectivity index (χ1n) is 6.64. The van der Waals surface area contributed by atoms with Gasteiger partial charge in [0.2, 0.25) is 0 Å². The summed E-state index contributed by atoms with van der Waals surface area (Å²) in [6.45, 7) is 7.27. The van der Waals surface area contributed by atoms with E-state index in [0.717, 1.165) is 16.8 Å². The first-order chi connectivity index (χ1) is 9.29. The topological polar surface area (TPSA) is 55.5 Å². The molecule has 0 aliphatic heterocycles. The SMILES string of the molecule is CC(C)(O)C(C)(C)OBc1ccc(-c2cnco2)cc1. The maximum absolute atomic E-state index is 10.0. The van der Waals surface area contributed by atoms with Gasteiger partial charge in [0.15, 0.2) is 12.2 Å². The molecule has 0 spiro atoms. The van der Waals surface area contributed by atoms with E-state index in [1.54, 1.807) is 20.0 Å². The van der Waals surface area contributed by atoms with Gasteiger partial charge in [-0.25, -0.2) is 4.98 Å². The lowest BCUT2D eigenvalue weighted by atomic mass is 9.82. The quantitative estimate of drug-likeness (QED) is 0.845. The van der Waals surface area contributed by atoms with Gasteiger partial charge in [0.25, 0.3) is 0 Å². The number of nitrogens with zero attached hydrogens (tertiary/aromatic N) is 1. The van der Waals surface area contributed by atoms with Crippen molar-refractivity contribution in [3.8, 4) is 11.3 Å². The molecule has 0 saturated carbocycles. The molecule has 1 N–H and O–H groups in total. The molecule has 0 aliphatic carbocycles. The normalized spacial score (nSPS) is 12.4. The van der Waals surface area contributed by atoms with E-state index in [1.165, 1.54) is 6.39 Å². The summed E-state index contributed by atoms with van der Waals surface area (Å²) in [4.78, 5) is 3.90. The Morgan fingerprint density at radius 3 is 2.30 bits per heavy atom. The molecule has 5 heteroatoms. The molecule has 0 saturated heterocycles. The molecule has 1 aromatic heterocycles. The molecule has 4 nitrogen and oxygen atoms in total. The van der Waals surface area contributed by atoms with Crippen molar-refractivity contribution in [1.82, 2.24) is 4.98 Å². The molecule has 0 bridgehead atoms. The van der Waals surface area contributed by atoms with Crippen LogP contribution in [0, 0.1) is 0 Å². The summed E-state index contributed by atoms with van der Waals surface area (Å²) >= 11 is 0. The molecule has 20 heavy (non-hydrogen) atoms. The number of hydrogen-bond acceptors (Lipinski definition) is 4. The lowest BCUT2D eigenvalue weighted by Gasteiger charge is -2.37. The Balaban J connectivity index is 2.02. The van der Waals surface area contributed by atoms with Crippen LogP contribution in [0.4, 0.5) is 0 Å². The van der Waals surface area contributed by atoms with Gasteiger partial charge < -0.3 is 14.2 Å². The minimum Gasteiger partial charge on any atom is -0.444 e. The minimum absolute atomic E-state index is 0.452. The summed E-state index contributed by atoms with van der Waals surface area (Å²) in [6, 6.07) is 7.91. The lowest BCUT2D eigenvalue weighted by molar-refractivity contribution is -0.0893. The fourth-order valence-electron chi connectivity index (χ4n) is 1.56. The standard InChI is InChI=1S/C15H20BNO3/c1-14(2,18)15(3,4)20-16-12-7-5-11(6-8-12)13-9-17-10-19-13/h5-10,16,18H,1-4H3. The highest BCUT2D eigenvalue weighted by atomic mass is 16.5. The lowest BCUT2D eigenvalue weighted by Crippen LogP contribution is -2.49. The zero-order valence-electron chi connectivity index (χ0n) is 12.4. The van der Waals surface area contributed by atoms with Crippen molar-refractivity contribution in [2.24, 2.45) is 0 Å². The van der Waals surface area contributed by atoms with Gasteiger partial charge in [-0.05, 0) is 27.7 Å². The number of aliphatic hydroxyl groups is 1. The molecule has 2 aromatic rings. The van der Waals surface area contributed by atoms with Gasteiger partial charge in [-0.3, -0.25) is 0 Å². The molecule has 0 amide bonds. The Hall–Kier alpha value is -1.59. The second-order valence-corrected chi connectivity index (χ2v) is 5.92. The smallest absolute Gasteiger partial charge is 0.309 e. The van der Waals surface area contributed by atoms with E-state index in [0.29, 0.717) is 7.48 Å². The van der Waals surface area contributed by atoms with E-state index in [4.69, 9.17) is 9.07 Å². The van der Waals surface area contributed by atoms with Gasteiger partial charge in [-0.1, -0.05) is 29.7 Å². The van der Waals surface area contributed by atoms with Crippen molar-refractivity contribution in [2.45, 2.75) is 38.9 Å². The van der Waals surface area contributed by atoms with Crippen molar-refractivity contribution in [2.75, 3.05) is 0 Å².